The molecule has 0 bridgehead atoms. The van der Waals surface area contributed by atoms with Crippen LogP contribution in [0.15, 0.2) is 24.3 Å². The van der Waals surface area contributed by atoms with Crippen LogP contribution in [0.25, 0.3) is 0 Å². The van der Waals surface area contributed by atoms with Gasteiger partial charge in [-0.3, -0.25) is 0 Å². The van der Waals surface area contributed by atoms with E-state index in [9.17, 15) is 0 Å². The van der Waals surface area contributed by atoms with Crippen molar-refractivity contribution < 1.29 is 4.74 Å². The zero-order valence-corrected chi connectivity index (χ0v) is 10.8. The lowest BCUT2D eigenvalue weighted by molar-refractivity contribution is 0.260. The standard InChI is InChI=1S/C14H20N2O/c1-12(16(2)10-6-9-15)11-13-7-4-5-8-14(13)17-3/h4-5,7-8,12H,6,10-11H2,1-3H3. The quantitative estimate of drug-likeness (QED) is 0.756. The van der Waals surface area contributed by atoms with Crippen molar-refractivity contribution in [1.29, 1.82) is 5.26 Å². The van der Waals surface area contributed by atoms with Crippen LogP contribution in [0, 0.1) is 11.3 Å². The van der Waals surface area contributed by atoms with E-state index in [4.69, 9.17) is 10.00 Å². The van der Waals surface area contributed by atoms with Crippen LogP contribution in [0.1, 0.15) is 18.9 Å². The highest BCUT2D eigenvalue weighted by Gasteiger charge is 2.11. The number of benzene rings is 1. The number of nitrogens with zero attached hydrogens (tertiary/aromatic N) is 2. The maximum atomic E-state index is 8.57. The number of hydrogen-bond donors (Lipinski definition) is 0. The first-order chi connectivity index (χ1) is 8.19. The average Bonchev–Trinajstić information content (AvgIpc) is 2.36. The van der Waals surface area contributed by atoms with E-state index >= 15 is 0 Å². The molecular weight excluding hydrogens is 212 g/mol. The Kier molecular flexibility index (Phi) is 5.51. The molecule has 1 rings (SSSR count). The molecule has 1 aromatic rings. The first-order valence-corrected chi connectivity index (χ1v) is 5.88. The highest BCUT2D eigenvalue weighted by Crippen LogP contribution is 2.20. The summed E-state index contributed by atoms with van der Waals surface area (Å²) in [5.41, 5.74) is 1.21. The Morgan fingerprint density at radius 1 is 1.41 bits per heavy atom. The SMILES string of the molecule is COc1ccccc1CC(C)N(C)CCC#N. The van der Waals surface area contributed by atoms with E-state index in [0.717, 1.165) is 18.7 Å². The van der Waals surface area contributed by atoms with E-state index in [1.165, 1.54) is 5.56 Å². The number of ether oxygens (including phenoxy) is 1. The molecule has 0 aliphatic carbocycles. The zero-order valence-electron chi connectivity index (χ0n) is 10.8. The van der Waals surface area contributed by atoms with Crippen molar-refractivity contribution in [3.05, 3.63) is 29.8 Å². The van der Waals surface area contributed by atoms with Gasteiger partial charge in [0.05, 0.1) is 13.2 Å². The predicted molar refractivity (Wildman–Crippen MR) is 69.0 cm³/mol. The summed E-state index contributed by atoms with van der Waals surface area (Å²) in [6.45, 7) is 2.98. The van der Waals surface area contributed by atoms with Crippen molar-refractivity contribution in [3.8, 4) is 11.8 Å². The topological polar surface area (TPSA) is 36.3 Å². The molecule has 0 saturated carbocycles. The number of hydrogen-bond acceptors (Lipinski definition) is 3. The van der Waals surface area contributed by atoms with Crippen LogP contribution in [0.2, 0.25) is 0 Å². The molecule has 0 radical (unpaired) electrons. The van der Waals surface area contributed by atoms with Crippen molar-refractivity contribution in [3.63, 3.8) is 0 Å². The molecule has 17 heavy (non-hydrogen) atoms. The third-order valence-corrected chi connectivity index (χ3v) is 3.04. The molecule has 1 unspecified atom stereocenters. The van der Waals surface area contributed by atoms with Gasteiger partial charge in [-0.2, -0.15) is 5.26 Å². The van der Waals surface area contributed by atoms with Gasteiger partial charge in [0.25, 0.3) is 0 Å². The molecular formula is C14H20N2O. The number of likely N-dealkylation sites (N-methyl/N-ethyl adjacent to an activating group) is 1. The van der Waals surface area contributed by atoms with Gasteiger partial charge >= 0.3 is 0 Å². The lowest BCUT2D eigenvalue weighted by Gasteiger charge is -2.24. The summed E-state index contributed by atoms with van der Waals surface area (Å²) in [5.74, 6) is 0.938. The van der Waals surface area contributed by atoms with E-state index in [2.05, 4.69) is 31.0 Å². The molecule has 92 valence electrons. The van der Waals surface area contributed by atoms with Crippen LogP contribution < -0.4 is 4.74 Å². The minimum absolute atomic E-state index is 0.402. The number of para-hydroxylation sites is 1. The number of nitriles is 1. The molecule has 0 spiro atoms. The molecule has 3 heteroatoms. The summed E-state index contributed by atoms with van der Waals surface area (Å²) < 4.78 is 5.34. The second-order valence-corrected chi connectivity index (χ2v) is 4.25. The maximum Gasteiger partial charge on any atom is 0.122 e. The fraction of sp³-hybridized carbons (Fsp3) is 0.500. The van der Waals surface area contributed by atoms with Gasteiger partial charge in [-0.05, 0) is 32.0 Å². The minimum atomic E-state index is 0.402. The van der Waals surface area contributed by atoms with Crippen LogP contribution in [0.5, 0.6) is 5.75 Å². The Morgan fingerprint density at radius 3 is 2.76 bits per heavy atom. The van der Waals surface area contributed by atoms with E-state index in [0.29, 0.717) is 12.5 Å². The second kappa shape index (κ2) is 6.93. The van der Waals surface area contributed by atoms with Crippen molar-refractivity contribution in [2.75, 3.05) is 20.7 Å². The van der Waals surface area contributed by atoms with Gasteiger partial charge in [0.1, 0.15) is 5.75 Å². The van der Waals surface area contributed by atoms with E-state index < -0.39 is 0 Å². The van der Waals surface area contributed by atoms with Crippen LogP contribution in [-0.4, -0.2) is 31.6 Å². The van der Waals surface area contributed by atoms with Crippen LogP contribution in [-0.2, 0) is 6.42 Å². The summed E-state index contributed by atoms with van der Waals surface area (Å²) in [4.78, 5) is 2.20. The fourth-order valence-corrected chi connectivity index (χ4v) is 1.79. The zero-order chi connectivity index (χ0) is 12.7. The third-order valence-electron chi connectivity index (χ3n) is 3.04. The minimum Gasteiger partial charge on any atom is -0.496 e. The normalized spacial score (nSPS) is 12.2. The highest BCUT2D eigenvalue weighted by atomic mass is 16.5. The van der Waals surface area contributed by atoms with E-state index in [-0.39, 0.29) is 0 Å². The van der Waals surface area contributed by atoms with E-state index in [1.54, 1.807) is 7.11 Å². The van der Waals surface area contributed by atoms with Crippen LogP contribution in [0.4, 0.5) is 0 Å². The van der Waals surface area contributed by atoms with E-state index in [1.807, 2.05) is 18.2 Å². The molecule has 0 heterocycles. The lowest BCUT2D eigenvalue weighted by atomic mass is 10.1. The van der Waals surface area contributed by atoms with Gasteiger partial charge < -0.3 is 9.64 Å². The second-order valence-electron chi connectivity index (χ2n) is 4.25. The third kappa shape index (κ3) is 4.08. The molecule has 1 aromatic carbocycles. The van der Waals surface area contributed by atoms with Crippen molar-refractivity contribution >= 4 is 0 Å². The van der Waals surface area contributed by atoms with Crippen LogP contribution in [0.3, 0.4) is 0 Å². The summed E-state index contributed by atoms with van der Waals surface area (Å²) >= 11 is 0. The smallest absolute Gasteiger partial charge is 0.122 e. The molecule has 0 aromatic heterocycles. The summed E-state index contributed by atoms with van der Waals surface area (Å²) in [6, 6.07) is 10.7. The number of rotatable bonds is 6. The van der Waals surface area contributed by atoms with Gasteiger partial charge in [0.2, 0.25) is 0 Å². The van der Waals surface area contributed by atoms with Crippen molar-refractivity contribution in [1.82, 2.24) is 4.90 Å². The molecule has 0 amide bonds. The van der Waals surface area contributed by atoms with Crippen LogP contribution >= 0.6 is 0 Å². The lowest BCUT2D eigenvalue weighted by Crippen LogP contribution is -2.31. The van der Waals surface area contributed by atoms with Gasteiger partial charge in [-0.15, -0.1) is 0 Å². The Labute approximate surface area is 104 Å². The summed E-state index contributed by atoms with van der Waals surface area (Å²) in [5, 5.41) is 8.57. The molecule has 0 aliphatic rings. The monoisotopic (exact) mass is 232 g/mol. The molecule has 3 nitrogen and oxygen atoms in total. The Hall–Kier alpha value is -1.53. The molecule has 0 saturated heterocycles. The van der Waals surface area contributed by atoms with Crippen molar-refractivity contribution in [2.24, 2.45) is 0 Å². The Bertz CT molecular complexity index is 384. The van der Waals surface area contributed by atoms with Gasteiger partial charge in [-0.1, -0.05) is 18.2 Å². The highest BCUT2D eigenvalue weighted by molar-refractivity contribution is 5.33. The van der Waals surface area contributed by atoms with Gasteiger partial charge in [-0.25, -0.2) is 0 Å². The predicted octanol–water partition coefficient (Wildman–Crippen LogP) is 2.47. The molecule has 0 N–H and O–H groups in total. The van der Waals surface area contributed by atoms with Crippen molar-refractivity contribution in [2.45, 2.75) is 25.8 Å². The average molecular weight is 232 g/mol. The summed E-state index contributed by atoms with van der Waals surface area (Å²) in [7, 11) is 3.75. The Balaban J connectivity index is 2.61. The number of methoxy groups -OCH3 is 1. The summed E-state index contributed by atoms with van der Waals surface area (Å²) in [6.07, 6.45) is 1.51. The largest absolute Gasteiger partial charge is 0.496 e. The fourth-order valence-electron chi connectivity index (χ4n) is 1.79. The maximum absolute atomic E-state index is 8.57. The molecule has 0 fully saturated rings. The van der Waals surface area contributed by atoms with Gasteiger partial charge in [0.15, 0.2) is 0 Å². The molecule has 1 atom stereocenters. The van der Waals surface area contributed by atoms with Gasteiger partial charge in [0, 0.05) is 19.0 Å². The molecule has 0 aliphatic heterocycles. The first-order valence-electron chi connectivity index (χ1n) is 5.88. The first kappa shape index (κ1) is 13.5. The Morgan fingerprint density at radius 2 is 2.12 bits per heavy atom.